The van der Waals surface area contributed by atoms with Crippen molar-refractivity contribution in [2.45, 2.75) is 13.8 Å². The number of aromatic nitrogens is 2. The van der Waals surface area contributed by atoms with Gasteiger partial charge in [0, 0.05) is 29.6 Å². The molecule has 0 saturated carbocycles. The highest BCUT2D eigenvalue weighted by Crippen LogP contribution is 2.38. The van der Waals surface area contributed by atoms with E-state index in [0.717, 1.165) is 18.1 Å². The number of nitrogens with one attached hydrogen (secondary N) is 2. The van der Waals surface area contributed by atoms with Crippen LogP contribution in [0.3, 0.4) is 0 Å². The molecule has 0 spiro atoms. The second-order valence-electron chi connectivity index (χ2n) is 4.11. The molecule has 0 aliphatic carbocycles. The Hall–Kier alpha value is -1.47. The lowest BCUT2D eigenvalue weighted by Crippen LogP contribution is -2.06. The number of allylic oxidation sites excluding steroid dienone is 1. The van der Waals surface area contributed by atoms with Crippen LogP contribution in [0.4, 0.5) is 5.82 Å². The van der Waals surface area contributed by atoms with E-state index in [9.17, 15) is 0 Å². The van der Waals surface area contributed by atoms with Gasteiger partial charge in [0.15, 0.2) is 0 Å². The predicted molar refractivity (Wildman–Crippen MR) is 70.4 cm³/mol. The number of hydrogen-bond donors (Lipinski definition) is 2. The zero-order valence-electron chi connectivity index (χ0n) is 9.39. The topological polar surface area (TPSA) is 40.7 Å². The normalized spacial score (nSPS) is 14.8. The van der Waals surface area contributed by atoms with Crippen molar-refractivity contribution in [3.05, 3.63) is 29.3 Å². The number of aryl methyl sites for hydroxylation is 1. The number of anilines is 1. The van der Waals surface area contributed by atoms with E-state index in [2.05, 4.69) is 47.2 Å². The highest BCUT2D eigenvalue weighted by Gasteiger charge is 2.17. The fourth-order valence-corrected chi connectivity index (χ4v) is 3.12. The lowest BCUT2D eigenvalue weighted by molar-refractivity contribution is 1.23. The molecule has 82 valence electrons. The maximum atomic E-state index is 4.59. The molecular formula is C12H14N3P. The Morgan fingerprint density at radius 2 is 2.25 bits per heavy atom. The monoisotopic (exact) mass is 231 g/mol. The maximum absolute atomic E-state index is 4.59. The van der Waals surface area contributed by atoms with Crippen molar-refractivity contribution < 1.29 is 0 Å². The van der Waals surface area contributed by atoms with Gasteiger partial charge in [-0.15, -0.1) is 8.19 Å². The van der Waals surface area contributed by atoms with Crippen LogP contribution in [0.1, 0.15) is 18.2 Å². The van der Waals surface area contributed by atoms with E-state index in [-0.39, 0.29) is 0 Å². The third-order valence-electron chi connectivity index (χ3n) is 2.92. The van der Waals surface area contributed by atoms with Crippen molar-refractivity contribution in [2.24, 2.45) is 0 Å². The molecule has 1 aliphatic rings. The van der Waals surface area contributed by atoms with Crippen LogP contribution in [0, 0.1) is 6.92 Å². The Morgan fingerprint density at radius 3 is 3.00 bits per heavy atom. The molecule has 0 fully saturated rings. The fraction of sp³-hybridized carbons (Fsp3) is 0.250. The largest absolute Gasteiger partial charge is 0.368 e. The quantitative estimate of drug-likeness (QED) is 0.791. The summed E-state index contributed by atoms with van der Waals surface area (Å²) in [6.45, 7) is 5.13. The summed E-state index contributed by atoms with van der Waals surface area (Å²) in [5.41, 5.74) is 6.21. The van der Waals surface area contributed by atoms with Gasteiger partial charge in [-0.05, 0) is 25.2 Å². The van der Waals surface area contributed by atoms with E-state index in [1.807, 2.05) is 0 Å². The summed E-state index contributed by atoms with van der Waals surface area (Å²) in [4.78, 5) is 7.89. The number of aromatic amines is 1. The first-order valence-corrected chi connectivity index (χ1v) is 6.48. The number of nitrogens with zero attached hydrogens (tertiary/aromatic N) is 1. The lowest BCUT2D eigenvalue weighted by atomic mass is 10.0. The van der Waals surface area contributed by atoms with Crippen molar-refractivity contribution in [2.75, 3.05) is 11.9 Å². The van der Waals surface area contributed by atoms with Crippen molar-refractivity contribution >= 4 is 19.6 Å². The Kier molecular flexibility index (Phi) is 2.15. The standard InChI is InChI=1S/C12H14N3P/c1-7-3-4-13-11-10(7)9(5-14-11)12-15-8(2)6-16-12/h3,5-6,13-14,16H,4H2,1-2H3. The first kappa shape index (κ1) is 9.73. The molecule has 0 saturated heterocycles. The molecule has 3 rings (SSSR count). The molecular weight excluding hydrogens is 217 g/mol. The summed E-state index contributed by atoms with van der Waals surface area (Å²) in [6.07, 6.45) is 4.29. The Morgan fingerprint density at radius 1 is 1.38 bits per heavy atom. The van der Waals surface area contributed by atoms with Crippen LogP contribution >= 0.6 is 8.19 Å². The summed E-state index contributed by atoms with van der Waals surface area (Å²) in [7, 11) is 0.698. The molecule has 3 heterocycles. The minimum atomic E-state index is 0.698. The highest BCUT2D eigenvalue weighted by molar-refractivity contribution is 7.33. The first-order valence-electron chi connectivity index (χ1n) is 5.40. The number of hydrogen-bond acceptors (Lipinski definition) is 2. The first-order chi connectivity index (χ1) is 7.75. The van der Waals surface area contributed by atoms with Crippen molar-refractivity contribution in [1.82, 2.24) is 9.97 Å². The van der Waals surface area contributed by atoms with Crippen molar-refractivity contribution in [3.8, 4) is 11.0 Å². The highest BCUT2D eigenvalue weighted by atomic mass is 31.0. The van der Waals surface area contributed by atoms with Crippen LogP contribution in [0.2, 0.25) is 0 Å². The van der Waals surface area contributed by atoms with Gasteiger partial charge < -0.3 is 10.3 Å². The van der Waals surface area contributed by atoms with E-state index in [1.165, 1.54) is 22.1 Å². The van der Waals surface area contributed by atoms with Crippen LogP contribution in [0.25, 0.3) is 16.6 Å². The summed E-state index contributed by atoms with van der Waals surface area (Å²) in [5.74, 6) is 3.33. The predicted octanol–water partition coefficient (Wildman–Crippen LogP) is 3.25. The fourth-order valence-electron chi connectivity index (χ4n) is 2.12. The van der Waals surface area contributed by atoms with Gasteiger partial charge in [-0.1, -0.05) is 6.08 Å². The third kappa shape index (κ3) is 1.40. The third-order valence-corrected chi connectivity index (χ3v) is 4.14. The molecule has 2 N–H and O–H groups in total. The van der Waals surface area contributed by atoms with Crippen LogP contribution < -0.4 is 5.32 Å². The van der Waals surface area contributed by atoms with Gasteiger partial charge in [0.05, 0.1) is 5.43 Å². The summed E-state index contributed by atoms with van der Waals surface area (Å²) in [6, 6.07) is 0. The smallest absolute Gasteiger partial charge is 0.111 e. The lowest BCUT2D eigenvalue weighted by Gasteiger charge is -2.13. The van der Waals surface area contributed by atoms with Gasteiger partial charge in [-0.25, -0.2) is 4.98 Å². The molecule has 2 aromatic heterocycles. The Labute approximate surface area is 96.1 Å². The summed E-state index contributed by atoms with van der Waals surface area (Å²) in [5, 5.41) is 3.35. The molecule has 4 heteroatoms. The van der Waals surface area contributed by atoms with Crippen molar-refractivity contribution in [1.29, 1.82) is 0 Å². The molecule has 0 amide bonds. The maximum Gasteiger partial charge on any atom is 0.111 e. The van der Waals surface area contributed by atoms with Crippen LogP contribution in [-0.4, -0.2) is 16.5 Å². The molecule has 1 unspecified atom stereocenters. The van der Waals surface area contributed by atoms with Crippen LogP contribution in [-0.2, 0) is 0 Å². The molecule has 0 bridgehead atoms. The van der Waals surface area contributed by atoms with Crippen molar-refractivity contribution in [3.63, 3.8) is 0 Å². The van der Waals surface area contributed by atoms with E-state index >= 15 is 0 Å². The second kappa shape index (κ2) is 3.53. The molecule has 1 aliphatic heterocycles. The SMILES string of the molecule is CC1=CCNc2[nH]cc(-c3nc(C)c[pH]3)c21. The van der Waals surface area contributed by atoms with Crippen LogP contribution in [0.15, 0.2) is 18.1 Å². The minimum absolute atomic E-state index is 0.698. The number of H-pyrrole nitrogens is 1. The van der Waals surface area contributed by atoms with Gasteiger partial charge in [0.25, 0.3) is 0 Å². The molecule has 0 aromatic carbocycles. The van der Waals surface area contributed by atoms with Gasteiger partial charge in [-0.3, -0.25) is 0 Å². The molecule has 1 atom stereocenters. The Balaban J connectivity index is 2.17. The van der Waals surface area contributed by atoms with Gasteiger partial charge >= 0.3 is 0 Å². The van der Waals surface area contributed by atoms with Gasteiger partial charge in [-0.2, -0.15) is 0 Å². The Bertz CT molecular complexity index is 563. The molecule has 16 heavy (non-hydrogen) atoms. The van der Waals surface area contributed by atoms with Crippen LogP contribution in [0.5, 0.6) is 0 Å². The second-order valence-corrected chi connectivity index (χ2v) is 5.16. The minimum Gasteiger partial charge on any atom is -0.368 e. The zero-order chi connectivity index (χ0) is 11.1. The van der Waals surface area contributed by atoms with Gasteiger partial charge in [0.2, 0.25) is 0 Å². The number of fused-ring (bicyclic) bond motifs is 1. The average molecular weight is 231 g/mol. The average Bonchev–Trinajstić information content (AvgIpc) is 2.84. The van der Waals surface area contributed by atoms with E-state index in [4.69, 9.17) is 0 Å². The van der Waals surface area contributed by atoms with E-state index in [0.29, 0.717) is 8.19 Å². The molecule has 2 aromatic rings. The summed E-state index contributed by atoms with van der Waals surface area (Å²) < 4.78 is 0. The van der Waals surface area contributed by atoms with Gasteiger partial charge in [0.1, 0.15) is 5.82 Å². The van der Waals surface area contributed by atoms with E-state index < -0.39 is 0 Å². The molecule has 0 radical (unpaired) electrons. The zero-order valence-corrected chi connectivity index (χ0v) is 10.4. The summed E-state index contributed by atoms with van der Waals surface area (Å²) >= 11 is 0. The van der Waals surface area contributed by atoms with E-state index in [1.54, 1.807) is 0 Å². The number of rotatable bonds is 1. The molecule has 3 nitrogen and oxygen atoms in total.